The minimum absolute atomic E-state index is 0.0870. The Morgan fingerprint density at radius 1 is 1.12 bits per heavy atom. The van der Waals surface area contributed by atoms with Crippen molar-refractivity contribution >= 4 is 28.1 Å². The fraction of sp³-hybridized carbons (Fsp3) is 0. The van der Waals surface area contributed by atoms with Gasteiger partial charge in [0.15, 0.2) is 0 Å². The highest BCUT2D eigenvalue weighted by Crippen LogP contribution is 2.20. The molecular weight excluding hydrogens is 370 g/mol. The molecule has 0 bridgehead atoms. The fourth-order valence-corrected chi connectivity index (χ4v) is 2.61. The molecule has 3 rings (SSSR count). The van der Waals surface area contributed by atoms with Crippen molar-refractivity contribution in [2.45, 2.75) is 0 Å². The predicted molar refractivity (Wildman–Crippen MR) is 96.6 cm³/mol. The van der Waals surface area contributed by atoms with Crippen molar-refractivity contribution < 1.29 is 9.90 Å². The molecule has 1 amide bonds. The number of nitrogens with zero attached hydrogens (tertiary/aromatic N) is 2. The molecule has 1 heterocycles. The van der Waals surface area contributed by atoms with Crippen LogP contribution in [0.1, 0.15) is 15.9 Å². The Morgan fingerprint density at radius 3 is 2.67 bits per heavy atom. The van der Waals surface area contributed by atoms with Gasteiger partial charge in [0.05, 0.1) is 17.5 Å². The van der Waals surface area contributed by atoms with Crippen molar-refractivity contribution in [2.75, 3.05) is 0 Å². The molecule has 0 aliphatic heterocycles. The second kappa shape index (κ2) is 7.14. The van der Waals surface area contributed by atoms with Gasteiger partial charge >= 0.3 is 0 Å². The molecule has 0 saturated carbocycles. The molecular formula is C18H14BrN3O2. The van der Waals surface area contributed by atoms with Crippen LogP contribution in [-0.4, -0.2) is 21.8 Å². The van der Waals surface area contributed by atoms with E-state index in [0.717, 1.165) is 10.2 Å². The molecule has 3 aromatic rings. The molecule has 2 aromatic carbocycles. The molecule has 2 N–H and O–H groups in total. The van der Waals surface area contributed by atoms with E-state index in [1.165, 1.54) is 6.21 Å². The van der Waals surface area contributed by atoms with Crippen LogP contribution in [0.3, 0.4) is 0 Å². The number of aromatic nitrogens is 1. The number of carbonyl (C=O) groups is 1. The number of aromatic hydroxyl groups is 1. The van der Waals surface area contributed by atoms with E-state index in [1.54, 1.807) is 30.3 Å². The third kappa shape index (κ3) is 3.55. The topological polar surface area (TPSA) is 66.6 Å². The van der Waals surface area contributed by atoms with Gasteiger partial charge < -0.3 is 9.67 Å². The zero-order valence-corrected chi connectivity index (χ0v) is 14.1. The van der Waals surface area contributed by atoms with Gasteiger partial charge in [-0.3, -0.25) is 4.79 Å². The molecule has 0 aliphatic rings. The molecule has 0 fully saturated rings. The second-order valence-electron chi connectivity index (χ2n) is 5.01. The van der Waals surface area contributed by atoms with E-state index < -0.39 is 0 Å². The van der Waals surface area contributed by atoms with Crippen LogP contribution in [0.25, 0.3) is 5.69 Å². The van der Waals surface area contributed by atoms with Crippen LogP contribution in [0.4, 0.5) is 0 Å². The first kappa shape index (κ1) is 16.0. The van der Waals surface area contributed by atoms with Gasteiger partial charge in [0.25, 0.3) is 5.91 Å². The predicted octanol–water partition coefficient (Wildman–Crippen LogP) is 3.71. The summed E-state index contributed by atoms with van der Waals surface area (Å²) < 4.78 is 2.67. The van der Waals surface area contributed by atoms with Gasteiger partial charge in [-0.25, -0.2) is 5.43 Å². The smallest absolute Gasteiger partial charge is 0.273 e. The number of phenols is 1. The summed E-state index contributed by atoms with van der Waals surface area (Å²) in [5, 5.41) is 13.7. The fourth-order valence-electron chi connectivity index (χ4n) is 2.24. The van der Waals surface area contributed by atoms with Crippen LogP contribution in [0, 0.1) is 0 Å². The number of phenolic OH excluding ortho intramolecular Hbond substituents is 1. The van der Waals surface area contributed by atoms with Gasteiger partial charge in [-0.2, -0.15) is 5.10 Å². The van der Waals surface area contributed by atoms with Crippen LogP contribution >= 0.6 is 15.9 Å². The second-order valence-corrected chi connectivity index (χ2v) is 5.93. The maximum atomic E-state index is 12.4. The van der Waals surface area contributed by atoms with Crippen molar-refractivity contribution in [3.63, 3.8) is 0 Å². The SMILES string of the molecule is O=C(N/N=C\c1cc(Br)ccc1O)c1ccccc1-n1cccc1. The monoisotopic (exact) mass is 383 g/mol. The Kier molecular flexibility index (Phi) is 4.77. The van der Waals surface area contributed by atoms with Gasteiger partial charge in [-0.15, -0.1) is 0 Å². The van der Waals surface area contributed by atoms with Crippen LogP contribution in [-0.2, 0) is 0 Å². The number of hydrazone groups is 1. The van der Waals surface area contributed by atoms with Gasteiger partial charge in [0.2, 0.25) is 0 Å². The number of hydrogen-bond acceptors (Lipinski definition) is 3. The van der Waals surface area contributed by atoms with Gasteiger partial charge in [-0.1, -0.05) is 28.1 Å². The average molecular weight is 384 g/mol. The lowest BCUT2D eigenvalue weighted by Gasteiger charge is -2.09. The largest absolute Gasteiger partial charge is 0.507 e. The molecule has 0 atom stereocenters. The highest BCUT2D eigenvalue weighted by molar-refractivity contribution is 9.10. The lowest BCUT2D eigenvalue weighted by molar-refractivity contribution is 0.0955. The maximum Gasteiger partial charge on any atom is 0.273 e. The minimum atomic E-state index is -0.329. The molecule has 0 radical (unpaired) electrons. The maximum absolute atomic E-state index is 12.4. The van der Waals surface area contributed by atoms with Gasteiger partial charge in [-0.05, 0) is 42.5 Å². The zero-order chi connectivity index (χ0) is 16.9. The number of para-hydroxylation sites is 1. The highest BCUT2D eigenvalue weighted by atomic mass is 79.9. The first-order valence-electron chi connectivity index (χ1n) is 7.19. The summed E-state index contributed by atoms with van der Waals surface area (Å²) in [5.41, 5.74) is 4.26. The zero-order valence-electron chi connectivity index (χ0n) is 12.6. The number of nitrogens with one attached hydrogen (secondary N) is 1. The Morgan fingerprint density at radius 2 is 1.88 bits per heavy atom. The molecule has 0 saturated heterocycles. The Bertz CT molecular complexity index is 889. The first-order valence-corrected chi connectivity index (χ1v) is 7.99. The molecule has 120 valence electrons. The molecule has 1 aromatic heterocycles. The van der Waals surface area contributed by atoms with Crippen LogP contribution in [0.2, 0.25) is 0 Å². The molecule has 0 aliphatic carbocycles. The normalized spacial score (nSPS) is 10.9. The summed E-state index contributed by atoms with van der Waals surface area (Å²) in [6, 6.07) is 16.0. The Balaban J connectivity index is 1.79. The number of carbonyl (C=O) groups excluding carboxylic acids is 1. The number of benzene rings is 2. The lowest BCUT2D eigenvalue weighted by Crippen LogP contribution is -2.19. The lowest BCUT2D eigenvalue weighted by atomic mass is 10.1. The number of hydrogen-bond donors (Lipinski definition) is 2. The van der Waals surface area contributed by atoms with Gasteiger partial charge in [0.1, 0.15) is 5.75 Å². The molecule has 24 heavy (non-hydrogen) atoms. The van der Waals surface area contributed by atoms with Crippen molar-refractivity contribution in [1.29, 1.82) is 0 Å². The van der Waals surface area contributed by atoms with E-state index in [4.69, 9.17) is 0 Å². The number of amides is 1. The van der Waals surface area contributed by atoms with E-state index in [9.17, 15) is 9.90 Å². The molecule has 0 spiro atoms. The van der Waals surface area contributed by atoms with E-state index >= 15 is 0 Å². The standard InChI is InChI=1S/C18H14BrN3O2/c19-14-7-8-17(23)13(11-14)12-20-21-18(24)15-5-1-2-6-16(15)22-9-3-4-10-22/h1-12,23H,(H,21,24)/b20-12-. The molecule has 5 nitrogen and oxygen atoms in total. The summed E-state index contributed by atoms with van der Waals surface area (Å²) in [6.45, 7) is 0. The van der Waals surface area contributed by atoms with E-state index in [-0.39, 0.29) is 11.7 Å². The molecule has 0 unspecified atom stereocenters. The third-order valence-electron chi connectivity index (χ3n) is 3.39. The summed E-state index contributed by atoms with van der Waals surface area (Å²) in [6.07, 6.45) is 5.14. The number of halogens is 1. The Labute approximate surface area is 147 Å². The number of rotatable bonds is 4. The third-order valence-corrected chi connectivity index (χ3v) is 3.88. The average Bonchev–Trinajstić information content (AvgIpc) is 3.12. The van der Waals surface area contributed by atoms with Crippen LogP contribution in [0.15, 0.2) is 76.6 Å². The van der Waals surface area contributed by atoms with Crippen LogP contribution < -0.4 is 5.43 Å². The quantitative estimate of drug-likeness (QED) is 0.532. The minimum Gasteiger partial charge on any atom is -0.507 e. The van der Waals surface area contributed by atoms with Crippen LogP contribution in [0.5, 0.6) is 5.75 Å². The summed E-state index contributed by atoms with van der Waals surface area (Å²) in [7, 11) is 0. The van der Waals surface area contributed by atoms with E-state index in [2.05, 4.69) is 26.5 Å². The van der Waals surface area contributed by atoms with E-state index in [0.29, 0.717) is 11.1 Å². The molecule has 6 heteroatoms. The van der Waals surface area contributed by atoms with Gasteiger partial charge in [0, 0.05) is 22.4 Å². The van der Waals surface area contributed by atoms with Crippen molar-refractivity contribution in [3.8, 4) is 11.4 Å². The van der Waals surface area contributed by atoms with Crippen molar-refractivity contribution in [2.24, 2.45) is 5.10 Å². The highest BCUT2D eigenvalue weighted by Gasteiger charge is 2.11. The van der Waals surface area contributed by atoms with Crippen molar-refractivity contribution in [1.82, 2.24) is 9.99 Å². The van der Waals surface area contributed by atoms with E-state index in [1.807, 2.05) is 41.2 Å². The summed E-state index contributed by atoms with van der Waals surface area (Å²) in [4.78, 5) is 12.4. The summed E-state index contributed by atoms with van der Waals surface area (Å²) in [5.74, 6) is -0.242. The van der Waals surface area contributed by atoms with Crippen molar-refractivity contribution in [3.05, 3.63) is 82.6 Å². The first-order chi connectivity index (χ1) is 11.6. The Hall–Kier alpha value is -2.86. The summed E-state index contributed by atoms with van der Waals surface area (Å²) >= 11 is 3.32.